The summed E-state index contributed by atoms with van der Waals surface area (Å²) in [5, 5.41) is 12.2. The molecule has 0 atom stereocenters. The Morgan fingerprint density at radius 1 is 1.23 bits per heavy atom. The van der Waals surface area contributed by atoms with E-state index in [1.54, 1.807) is 11.3 Å². The summed E-state index contributed by atoms with van der Waals surface area (Å²) >= 11 is 6.93. The molecule has 1 aromatic carbocycles. The van der Waals surface area contributed by atoms with Crippen molar-refractivity contribution in [1.29, 1.82) is 0 Å². The number of rotatable bonds is 8. The fourth-order valence-corrected chi connectivity index (χ4v) is 4.81. The summed E-state index contributed by atoms with van der Waals surface area (Å²) in [5.74, 6) is 1.65. The number of piperidine rings is 1. The topological polar surface area (TPSA) is 66.0 Å². The molecule has 1 aliphatic heterocycles. The van der Waals surface area contributed by atoms with Crippen LogP contribution >= 0.6 is 23.6 Å². The lowest BCUT2D eigenvalue weighted by atomic mass is 9.99. The van der Waals surface area contributed by atoms with Gasteiger partial charge in [0.1, 0.15) is 0 Å². The van der Waals surface area contributed by atoms with Gasteiger partial charge in [-0.1, -0.05) is 37.3 Å². The van der Waals surface area contributed by atoms with Gasteiger partial charge in [0, 0.05) is 26.1 Å². The maximum atomic E-state index is 12.4. The summed E-state index contributed by atoms with van der Waals surface area (Å²) in [5.41, 5.74) is 2.45. The van der Waals surface area contributed by atoms with Crippen molar-refractivity contribution in [2.45, 2.75) is 45.8 Å². The second-order valence-electron chi connectivity index (χ2n) is 8.28. The molecule has 3 aromatic rings. The first kappa shape index (κ1) is 21.9. The molecule has 0 aliphatic carbocycles. The first-order chi connectivity index (χ1) is 15.1. The lowest BCUT2D eigenvalue weighted by Gasteiger charge is -2.30. The Hall–Kier alpha value is -2.29. The Morgan fingerprint density at radius 2 is 1.97 bits per heavy atom. The second-order valence-corrected chi connectivity index (χ2v) is 9.62. The normalized spacial score (nSPS) is 15.3. The number of hydrogen-bond donors (Lipinski definition) is 2. The zero-order valence-corrected chi connectivity index (χ0v) is 19.5. The van der Waals surface area contributed by atoms with E-state index in [1.165, 1.54) is 31.5 Å². The maximum absolute atomic E-state index is 12.4. The van der Waals surface area contributed by atoms with Crippen LogP contribution in [0.4, 0.5) is 0 Å². The molecular formula is C23H29N5OS2. The Kier molecular flexibility index (Phi) is 7.32. The summed E-state index contributed by atoms with van der Waals surface area (Å²) in [6.07, 6.45) is 2.95. The maximum Gasteiger partial charge on any atom is 0.222 e. The summed E-state index contributed by atoms with van der Waals surface area (Å²) in [7, 11) is 0. The SMILES string of the molecule is CC1CCN(Cc2ccc(CNC(=O)CCn3c(-c4cccs4)n[nH]c3=S)cc2)CC1. The molecule has 0 bridgehead atoms. The number of nitrogens with zero attached hydrogens (tertiary/aromatic N) is 3. The van der Waals surface area contributed by atoms with Crippen molar-refractivity contribution in [3.05, 3.63) is 57.7 Å². The van der Waals surface area contributed by atoms with Gasteiger partial charge in [-0.15, -0.1) is 11.3 Å². The molecule has 0 spiro atoms. The average molecular weight is 456 g/mol. The van der Waals surface area contributed by atoms with Crippen LogP contribution in [0.1, 0.15) is 37.3 Å². The number of benzene rings is 1. The zero-order chi connectivity index (χ0) is 21.6. The predicted octanol–water partition coefficient (Wildman–Crippen LogP) is 4.61. The third-order valence-electron chi connectivity index (χ3n) is 5.86. The van der Waals surface area contributed by atoms with Gasteiger partial charge < -0.3 is 5.32 Å². The Balaban J connectivity index is 1.24. The van der Waals surface area contributed by atoms with Crippen LogP contribution in [-0.4, -0.2) is 38.7 Å². The molecule has 1 fully saturated rings. The number of carbonyl (C=O) groups excluding carboxylic acids is 1. The van der Waals surface area contributed by atoms with Crippen molar-refractivity contribution in [2.75, 3.05) is 13.1 Å². The molecule has 0 saturated carbocycles. The molecule has 31 heavy (non-hydrogen) atoms. The van der Waals surface area contributed by atoms with Crippen LogP contribution in [0.25, 0.3) is 10.7 Å². The molecule has 1 aliphatic rings. The molecule has 2 aromatic heterocycles. The third-order valence-corrected chi connectivity index (χ3v) is 7.03. The van der Waals surface area contributed by atoms with E-state index in [2.05, 4.69) is 51.6 Å². The van der Waals surface area contributed by atoms with E-state index in [9.17, 15) is 4.79 Å². The van der Waals surface area contributed by atoms with Gasteiger partial charge in [-0.25, -0.2) is 0 Å². The van der Waals surface area contributed by atoms with Crippen LogP contribution in [0.2, 0.25) is 0 Å². The molecular weight excluding hydrogens is 426 g/mol. The van der Waals surface area contributed by atoms with Gasteiger partial charge in [0.05, 0.1) is 4.88 Å². The first-order valence-electron chi connectivity index (χ1n) is 10.8. The molecule has 4 rings (SSSR count). The molecule has 164 valence electrons. The molecule has 0 radical (unpaired) electrons. The van der Waals surface area contributed by atoms with Crippen LogP contribution in [0, 0.1) is 10.7 Å². The van der Waals surface area contributed by atoms with Crippen LogP contribution in [0.15, 0.2) is 41.8 Å². The van der Waals surface area contributed by atoms with Crippen LogP contribution in [0.5, 0.6) is 0 Å². The van der Waals surface area contributed by atoms with Crippen molar-refractivity contribution in [1.82, 2.24) is 25.0 Å². The smallest absolute Gasteiger partial charge is 0.222 e. The third kappa shape index (κ3) is 5.90. The summed E-state index contributed by atoms with van der Waals surface area (Å²) in [6, 6.07) is 12.6. The highest BCUT2D eigenvalue weighted by Crippen LogP contribution is 2.23. The van der Waals surface area contributed by atoms with Crippen molar-refractivity contribution in [2.24, 2.45) is 5.92 Å². The average Bonchev–Trinajstić information content (AvgIpc) is 3.43. The largest absolute Gasteiger partial charge is 0.352 e. The first-order valence-corrected chi connectivity index (χ1v) is 12.1. The van der Waals surface area contributed by atoms with Gasteiger partial charge in [0.25, 0.3) is 0 Å². The second kappa shape index (κ2) is 10.3. The van der Waals surface area contributed by atoms with Gasteiger partial charge >= 0.3 is 0 Å². The highest BCUT2D eigenvalue weighted by atomic mass is 32.1. The van der Waals surface area contributed by atoms with Gasteiger partial charge in [-0.3, -0.25) is 19.4 Å². The molecule has 1 saturated heterocycles. The Bertz CT molecular complexity index is 1030. The number of H-pyrrole nitrogens is 1. The van der Waals surface area contributed by atoms with E-state index >= 15 is 0 Å². The number of aromatic nitrogens is 3. The predicted molar refractivity (Wildman–Crippen MR) is 127 cm³/mol. The molecule has 3 heterocycles. The quantitative estimate of drug-likeness (QED) is 0.487. The van der Waals surface area contributed by atoms with Crippen molar-refractivity contribution in [3.8, 4) is 10.7 Å². The minimum absolute atomic E-state index is 0.00624. The number of thiophene rings is 1. The van der Waals surface area contributed by atoms with Gasteiger partial charge in [0.15, 0.2) is 10.6 Å². The Morgan fingerprint density at radius 3 is 2.68 bits per heavy atom. The lowest BCUT2D eigenvalue weighted by Crippen LogP contribution is -2.32. The summed E-state index contributed by atoms with van der Waals surface area (Å²) < 4.78 is 2.42. The van der Waals surface area contributed by atoms with Crippen molar-refractivity contribution >= 4 is 29.5 Å². The van der Waals surface area contributed by atoms with Gasteiger partial charge in [-0.05, 0) is 66.6 Å². The molecule has 2 N–H and O–H groups in total. The standard InChI is InChI=1S/C23H29N5OS2/c1-17-8-11-27(12-9-17)16-19-6-4-18(5-7-19)15-24-21(29)10-13-28-22(25-26-23(28)30)20-3-2-14-31-20/h2-7,14,17H,8-13,15-16H2,1H3,(H,24,29)(H,26,30). The monoisotopic (exact) mass is 455 g/mol. The summed E-state index contributed by atoms with van der Waals surface area (Å²) in [4.78, 5) is 15.9. The fourth-order valence-electron chi connectivity index (χ4n) is 3.86. The molecule has 6 nitrogen and oxygen atoms in total. The van der Waals surface area contributed by atoms with Crippen molar-refractivity contribution in [3.63, 3.8) is 0 Å². The zero-order valence-electron chi connectivity index (χ0n) is 17.8. The number of aromatic amines is 1. The number of amides is 1. The van der Waals surface area contributed by atoms with E-state index in [0.29, 0.717) is 24.3 Å². The van der Waals surface area contributed by atoms with Gasteiger partial charge in [0.2, 0.25) is 5.91 Å². The number of nitrogens with one attached hydrogen (secondary N) is 2. The van der Waals surface area contributed by atoms with E-state index in [1.807, 2.05) is 22.1 Å². The van der Waals surface area contributed by atoms with Crippen LogP contribution < -0.4 is 5.32 Å². The van der Waals surface area contributed by atoms with Gasteiger partial charge in [-0.2, -0.15) is 5.10 Å². The highest BCUT2D eigenvalue weighted by Gasteiger charge is 2.15. The number of carbonyl (C=O) groups is 1. The highest BCUT2D eigenvalue weighted by molar-refractivity contribution is 7.71. The minimum Gasteiger partial charge on any atom is -0.352 e. The number of hydrogen-bond acceptors (Lipinski definition) is 5. The van der Waals surface area contributed by atoms with Crippen molar-refractivity contribution < 1.29 is 4.79 Å². The van der Waals surface area contributed by atoms with E-state index < -0.39 is 0 Å². The lowest BCUT2D eigenvalue weighted by molar-refractivity contribution is -0.121. The molecule has 0 unspecified atom stereocenters. The van der Waals surface area contributed by atoms with E-state index in [0.717, 1.165) is 28.7 Å². The number of likely N-dealkylation sites (tertiary alicyclic amines) is 1. The molecule has 8 heteroatoms. The molecule has 1 amide bonds. The van der Waals surface area contributed by atoms with Crippen LogP contribution in [-0.2, 0) is 24.4 Å². The van der Waals surface area contributed by atoms with E-state index in [-0.39, 0.29) is 5.91 Å². The van der Waals surface area contributed by atoms with Crippen LogP contribution in [0.3, 0.4) is 0 Å². The van der Waals surface area contributed by atoms with E-state index in [4.69, 9.17) is 12.2 Å². The summed E-state index contributed by atoms with van der Waals surface area (Å²) in [6.45, 7) is 6.77. The fraction of sp³-hybridized carbons (Fsp3) is 0.435. The minimum atomic E-state index is 0.00624. The Labute approximate surface area is 192 Å².